The maximum atomic E-state index is 12.8. The van der Waals surface area contributed by atoms with E-state index in [0.29, 0.717) is 34.4 Å². The number of carbonyl (C=O) groups excluding carboxylic acids is 1. The first-order valence-electron chi connectivity index (χ1n) is 9.53. The van der Waals surface area contributed by atoms with Crippen LogP contribution in [0, 0.1) is 24.0 Å². The second-order valence-corrected chi connectivity index (χ2v) is 7.54. The van der Waals surface area contributed by atoms with Crippen molar-refractivity contribution in [2.75, 3.05) is 5.32 Å². The Morgan fingerprint density at radius 2 is 1.94 bits per heavy atom. The van der Waals surface area contributed by atoms with Crippen LogP contribution < -0.4 is 5.32 Å². The van der Waals surface area contributed by atoms with E-state index in [0.717, 1.165) is 5.56 Å². The molecule has 4 aromatic rings. The molecule has 164 valence electrons. The number of aryl methyl sites for hydroxylation is 2. The highest BCUT2D eigenvalue weighted by Gasteiger charge is 2.24. The van der Waals surface area contributed by atoms with E-state index in [4.69, 9.17) is 16.1 Å². The molecule has 1 aromatic carbocycles. The molecule has 11 nitrogen and oxygen atoms in total. The SMILES string of the molecule is Cc1onc(C(=O)Nc2ccn(Cc3ccc(Cl)cc3)n2)c1Cn1nc([N+](=O)[O-])cc1C. The molecule has 0 aliphatic rings. The Morgan fingerprint density at radius 1 is 1.19 bits per heavy atom. The predicted molar refractivity (Wildman–Crippen MR) is 115 cm³/mol. The Morgan fingerprint density at radius 3 is 2.62 bits per heavy atom. The molecular weight excluding hydrogens is 438 g/mol. The number of nitrogens with one attached hydrogen (secondary N) is 1. The van der Waals surface area contributed by atoms with Crippen LogP contribution in [-0.2, 0) is 13.1 Å². The van der Waals surface area contributed by atoms with E-state index < -0.39 is 10.8 Å². The molecule has 4 rings (SSSR count). The Kier molecular flexibility index (Phi) is 5.73. The van der Waals surface area contributed by atoms with Gasteiger partial charge in [-0.15, -0.1) is 0 Å². The van der Waals surface area contributed by atoms with Crippen molar-refractivity contribution in [3.8, 4) is 0 Å². The van der Waals surface area contributed by atoms with Gasteiger partial charge in [0.25, 0.3) is 5.91 Å². The molecule has 0 saturated heterocycles. The largest absolute Gasteiger partial charge is 0.390 e. The van der Waals surface area contributed by atoms with Gasteiger partial charge in [0, 0.05) is 17.3 Å². The first kappa shape index (κ1) is 21.2. The van der Waals surface area contributed by atoms with Gasteiger partial charge < -0.3 is 20.0 Å². The summed E-state index contributed by atoms with van der Waals surface area (Å²) in [5, 5.41) is 26.5. The lowest BCUT2D eigenvalue weighted by Gasteiger charge is -2.04. The third kappa shape index (κ3) is 4.52. The zero-order chi connectivity index (χ0) is 22.8. The Bertz CT molecular complexity index is 1290. The van der Waals surface area contributed by atoms with Gasteiger partial charge in [0.1, 0.15) is 5.76 Å². The normalized spacial score (nSPS) is 11.0. The molecule has 0 bridgehead atoms. The lowest BCUT2D eigenvalue weighted by atomic mass is 10.2. The van der Waals surface area contributed by atoms with Gasteiger partial charge in [-0.2, -0.15) is 9.78 Å². The standard InChI is InChI=1S/C20H18ClN7O4/c1-12-9-18(28(30)31)24-27(12)11-16-13(2)32-25-19(16)20(29)22-17-7-8-26(23-17)10-14-3-5-15(21)6-4-14/h3-9H,10-11H2,1-2H3,(H,22,23,29). The number of carbonyl (C=O) groups is 1. The Balaban J connectivity index is 1.48. The third-order valence-electron chi connectivity index (χ3n) is 4.80. The highest BCUT2D eigenvalue weighted by Crippen LogP contribution is 2.19. The van der Waals surface area contributed by atoms with E-state index in [1.165, 1.54) is 10.7 Å². The molecule has 0 atom stereocenters. The summed E-state index contributed by atoms with van der Waals surface area (Å²) in [5.41, 5.74) is 2.12. The number of rotatable bonds is 7. The topological polar surface area (TPSA) is 134 Å². The molecule has 0 spiro atoms. The summed E-state index contributed by atoms with van der Waals surface area (Å²) in [6.07, 6.45) is 1.74. The van der Waals surface area contributed by atoms with Crippen LogP contribution in [-0.4, -0.2) is 35.5 Å². The summed E-state index contributed by atoms with van der Waals surface area (Å²) in [5.74, 6) is -0.0100. The van der Waals surface area contributed by atoms with Crippen molar-refractivity contribution in [1.82, 2.24) is 24.7 Å². The van der Waals surface area contributed by atoms with Crippen molar-refractivity contribution >= 4 is 29.1 Å². The lowest BCUT2D eigenvalue weighted by Crippen LogP contribution is -2.17. The summed E-state index contributed by atoms with van der Waals surface area (Å²) in [7, 11) is 0. The highest BCUT2D eigenvalue weighted by molar-refractivity contribution is 6.30. The van der Waals surface area contributed by atoms with Crippen molar-refractivity contribution in [3.05, 3.63) is 86.0 Å². The second-order valence-electron chi connectivity index (χ2n) is 7.10. The average molecular weight is 456 g/mol. The van der Waals surface area contributed by atoms with E-state index in [-0.39, 0.29) is 18.1 Å². The summed E-state index contributed by atoms with van der Waals surface area (Å²) in [6.45, 7) is 3.96. The minimum atomic E-state index is -0.571. The first-order valence-corrected chi connectivity index (χ1v) is 9.91. The van der Waals surface area contributed by atoms with Gasteiger partial charge in [0.2, 0.25) is 0 Å². The van der Waals surface area contributed by atoms with Crippen LogP contribution in [0.15, 0.2) is 47.1 Å². The van der Waals surface area contributed by atoms with Crippen LogP contribution in [0.5, 0.6) is 0 Å². The number of aromatic nitrogens is 5. The number of hydrogen-bond donors (Lipinski definition) is 1. The van der Waals surface area contributed by atoms with Crippen LogP contribution in [0.3, 0.4) is 0 Å². The van der Waals surface area contributed by atoms with Crippen LogP contribution >= 0.6 is 11.6 Å². The fraction of sp³-hybridized carbons (Fsp3) is 0.200. The molecule has 1 N–H and O–H groups in total. The molecule has 0 radical (unpaired) electrons. The molecule has 32 heavy (non-hydrogen) atoms. The molecule has 0 saturated carbocycles. The number of benzene rings is 1. The van der Waals surface area contributed by atoms with Crippen molar-refractivity contribution in [2.24, 2.45) is 0 Å². The van der Waals surface area contributed by atoms with Gasteiger partial charge in [-0.05, 0) is 36.5 Å². The molecule has 0 fully saturated rings. The van der Waals surface area contributed by atoms with Crippen LogP contribution in [0.4, 0.5) is 11.6 Å². The molecule has 0 aliphatic carbocycles. The van der Waals surface area contributed by atoms with Crippen molar-refractivity contribution in [1.29, 1.82) is 0 Å². The molecule has 12 heteroatoms. The lowest BCUT2D eigenvalue weighted by molar-refractivity contribution is -0.389. The number of nitro groups is 1. The van der Waals surface area contributed by atoms with Gasteiger partial charge in [-0.1, -0.05) is 28.9 Å². The monoisotopic (exact) mass is 455 g/mol. The number of halogens is 1. The fourth-order valence-corrected chi connectivity index (χ4v) is 3.24. The molecule has 1 amide bonds. The third-order valence-corrected chi connectivity index (χ3v) is 5.06. The van der Waals surface area contributed by atoms with Crippen LogP contribution in [0.1, 0.15) is 33.1 Å². The summed E-state index contributed by atoms with van der Waals surface area (Å²) >= 11 is 5.90. The predicted octanol–water partition coefficient (Wildman–Crippen LogP) is 3.59. The van der Waals surface area contributed by atoms with E-state index in [2.05, 4.69) is 20.7 Å². The molecular formula is C20H18ClN7O4. The number of amides is 1. The maximum absolute atomic E-state index is 12.8. The highest BCUT2D eigenvalue weighted by atomic mass is 35.5. The Labute approximate surface area is 186 Å². The van der Waals surface area contributed by atoms with Crippen LogP contribution in [0.2, 0.25) is 5.02 Å². The van der Waals surface area contributed by atoms with E-state index in [9.17, 15) is 14.9 Å². The van der Waals surface area contributed by atoms with Gasteiger partial charge >= 0.3 is 5.82 Å². The van der Waals surface area contributed by atoms with Gasteiger partial charge in [0.15, 0.2) is 11.5 Å². The smallest absolute Gasteiger partial charge is 0.361 e. The summed E-state index contributed by atoms with van der Waals surface area (Å²) in [4.78, 5) is 23.2. The van der Waals surface area contributed by atoms with E-state index >= 15 is 0 Å². The zero-order valence-corrected chi connectivity index (χ0v) is 17.9. The minimum absolute atomic E-state index is 0.0623. The molecule has 0 unspecified atom stereocenters. The van der Waals surface area contributed by atoms with Crippen LogP contribution in [0.25, 0.3) is 0 Å². The zero-order valence-electron chi connectivity index (χ0n) is 17.1. The van der Waals surface area contributed by atoms with E-state index in [1.54, 1.807) is 42.9 Å². The summed E-state index contributed by atoms with van der Waals surface area (Å²) in [6, 6.07) is 10.4. The molecule has 0 aliphatic heterocycles. The first-order chi connectivity index (χ1) is 15.3. The summed E-state index contributed by atoms with van der Waals surface area (Å²) < 4.78 is 8.30. The van der Waals surface area contributed by atoms with Gasteiger partial charge in [-0.25, -0.2) is 0 Å². The second kappa shape index (κ2) is 8.63. The molecule has 3 heterocycles. The molecule has 3 aromatic heterocycles. The Hall–Kier alpha value is -3.99. The average Bonchev–Trinajstić information content (AvgIpc) is 3.44. The van der Waals surface area contributed by atoms with E-state index in [1.807, 2.05) is 12.1 Å². The maximum Gasteiger partial charge on any atom is 0.390 e. The number of nitrogens with zero attached hydrogens (tertiary/aromatic N) is 6. The fourth-order valence-electron chi connectivity index (χ4n) is 3.12. The van der Waals surface area contributed by atoms with Gasteiger partial charge in [-0.3, -0.25) is 9.48 Å². The van der Waals surface area contributed by atoms with Crippen molar-refractivity contribution in [3.63, 3.8) is 0 Å². The quantitative estimate of drug-likeness (QED) is 0.332. The minimum Gasteiger partial charge on any atom is -0.361 e. The van der Waals surface area contributed by atoms with Crippen molar-refractivity contribution in [2.45, 2.75) is 26.9 Å². The van der Waals surface area contributed by atoms with Crippen molar-refractivity contribution < 1.29 is 14.2 Å². The number of anilines is 1. The van der Waals surface area contributed by atoms with Gasteiger partial charge in [0.05, 0.1) is 35.5 Å². The number of hydrogen-bond acceptors (Lipinski definition) is 7.